The van der Waals surface area contributed by atoms with Gasteiger partial charge in [-0.05, 0) is 72.8 Å². The van der Waals surface area contributed by atoms with E-state index in [4.69, 9.17) is 24.1 Å². The second kappa shape index (κ2) is 22.3. The normalized spacial score (nSPS) is 12.0. The molecule has 7 N–H and O–H groups in total. The third-order valence-corrected chi connectivity index (χ3v) is 4.58. The van der Waals surface area contributed by atoms with Crippen molar-refractivity contribution in [3.05, 3.63) is 35.9 Å². The molecule has 0 bridgehead atoms. The molecule has 0 radical (unpaired) electrons. The van der Waals surface area contributed by atoms with E-state index >= 15 is 0 Å². The summed E-state index contributed by atoms with van der Waals surface area (Å²) in [7, 11) is 0. The molecule has 0 aliphatic rings. The minimum absolute atomic E-state index is 0.0836. The van der Waals surface area contributed by atoms with Gasteiger partial charge in [-0.3, -0.25) is 4.79 Å². The highest BCUT2D eigenvalue weighted by Gasteiger charge is 2.22. The number of ether oxygens (including phenoxy) is 3. The number of hydrogen-bond donors (Lipinski definition) is 6. The van der Waals surface area contributed by atoms with Gasteiger partial charge in [0.15, 0.2) is 0 Å². The first-order valence-electron chi connectivity index (χ1n) is 14.8. The number of carbonyl (C=O) groups is 5. The Hall–Kier alpha value is -4.23. The maximum Gasteiger partial charge on any atom is 0.408 e. The number of nitrogens with two attached hydrogens (primary N) is 1. The fourth-order valence-corrected chi connectivity index (χ4v) is 2.94. The van der Waals surface area contributed by atoms with Crippen LogP contribution in [-0.2, 0) is 25.6 Å². The molecule has 0 aromatic heterocycles. The number of carboxylic acid groups (broad SMARTS) is 1. The maximum atomic E-state index is 12.5. The van der Waals surface area contributed by atoms with E-state index in [9.17, 15) is 19.2 Å². The van der Waals surface area contributed by atoms with Crippen molar-refractivity contribution in [3.63, 3.8) is 0 Å². The summed E-state index contributed by atoms with van der Waals surface area (Å²) in [5.74, 6) is 0.388. The molecule has 0 saturated carbocycles. The summed E-state index contributed by atoms with van der Waals surface area (Å²) in [6, 6.07) is 7.84. The molecule has 14 heteroatoms. The van der Waals surface area contributed by atoms with Gasteiger partial charge in [0.05, 0.1) is 0 Å². The zero-order valence-electron chi connectivity index (χ0n) is 28.4. The van der Waals surface area contributed by atoms with Gasteiger partial charge in [0.1, 0.15) is 23.9 Å². The van der Waals surface area contributed by atoms with Crippen molar-refractivity contribution in [2.75, 3.05) is 13.1 Å². The van der Waals surface area contributed by atoms with Gasteiger partial charge in [-0.2, -0.15) is 0 Å². The second-order valence-corrected chi connectivity index (χ2v) is 12.7. The molecule has 258 valence electrons. The standard InChI is InChI=1S/C26H42N4O7.C4H10.CH3NO2/c1-18(29-23(33)35-17-19-12-9-8-10-13-19)21(31)28-16-20(30-24(34)37-26(5,6)7)14-11-15-27-22(32)36-25(2,3)4;1-4(2)3;2-1(3)4/h8-10,12-13,18,20H,11,14-17H2,1-7H3,(H,27,32)(H,28,31)(H,29,33)(H,30,34);4H,1-3H3;2H2,(H,3,4)/t18-,20-;;/m0../s1. The van der Waals surface area contributed by atoms with Crippen LogP contribution in [0.1, 0.15) is 87.6 Å². The summed E-state index contributed by atoms with van der Waals surface area (Å²) >= 11 is 0. The van der Waals surface area contributed by atoms with Crippen LogP contribution in [0.5, 0.6) is 0 Å². The lowest BCUT2D eigenvalue weighted by molar-refractivity contribution is -0.122. The lowest BCUT2D eigenvalue weighted by Crippen LogP contribution is -2.50. The van der Waals surface area contributed by atoms with Crippen molar-refractivity contribution in [1.29, 1.82) is 0 Å². The number of primary amides is 1. The Morgan fingerprint density at radius 1 is 0.800 bits per heavy atom. The third-order valence-electron chi connectivity index (χ3n) is 4.58. The molecule has 1 aromatic carbocycles. The average Bonchev–Trinajstić information content (AvgIpc) is 2.86. The number of alkyl carbamates (subject to hydrolysis) is 3. The van der Waals surface area contributed by atoms with E-state index in [1.165, 1.54) is 6.92 Å². The molecule has 0 saturated heterocycles. The first-order chi connectivity index (χ1) is 20.6. The smallest absolute Gasteiger partial charge is 0.408 e. The molecule has 0 aliphatic heterocycles. The largest absolute Gasteiger partial charge is 0.465 e. The predicted octanol–water partition coefficient (Wildman–Crippen LogP) is 4.90. The Bertz CT molecular complexity index is 1020. The van der Waals surface area contributed by atoms with Crippen molar-refractivity contribution in [1.82, 2.24) is 21.3 Å². The minimum Gasteiger partial charge on any atom is -0.465 e. The monoisotopic (exact) mass is 641 g/mol. The summed E-state index contributed by atoms with van der Waals surface area (Å²) in [6.45, 7) is 19.1. The molecular weight excluding hydrogens is 586 g/mol. The van der Waals surface area contributed by atoms with Gasteiger partial charge in [-0.25, -0.2) is 19.2 Å². The number of nitrogens with one attached hydrogen (secondary N) is 4. The van der Waals surface area contributed by atoms with Crippen molar-refractivity contribution < 1.29 is 43.3 Å². The van der Waals surface area contributed by atoms with Gasteiger partial charge >= 0.3 is 24.4 Å². The summed E-state index contributed by atoms with van der Waals surface area (Å²) in [4.78, 5) is 57.4. The lowest BCUT2D eigenvalue weighted by atomic mass is 10.1. The van der Waals surface area contributed by atoms with Crippen LogP contribution in [0.3, 0.4) is 0 Å². The Labute approximate surface area is 267 Å². The van der Waals surface area contributed by atoms with E-state index in [0.717, 1.165) is 11.5 Å². The van der Waals surface area contributed by atoms with E-state index in [1.807, 2.05) is 30.3 Å². The molecule has 0 heterocycles. The van der Waals surface area contributed by atoms with Crippen molar-refractivity contribution >= 4 is 30.3 Å². The van der Waals surface area contributed by atoms with Crippen molar-refractivity contribution in [2.45, 2.75) is 112 Å². The third kappa shape index (κ3) is 31.0. The number of hydrogen-bond acceptors (Lipinski definition) is 8. The van der Waals surface area contributed by atoms with Crippen LogP contribution >= 0.6 is 0 Å². The highest BCUT2D eigenvalue weighted by molar-refractivity contribution is 5.85. The van der Waals surface area contributed by atoms with Gasteiger partial charge in [0, 0.05) is 19.1 Å². The molecule has 0 fully saturated rings. The van der Waals surface area contributed by atoms with Crippen molar-refractivity contribution in [3.8, 4) is 0 Å². The molecule has 2 atom stereocenters. The van der Waals surface area contributed by atoms with E-state index in [0.29, 0.717) is 19.4 Å². The minimum atomic E-state index is -1.33. The molecular formula is C31H55N5O9. The van der Waals surface area contributed by atoms with E-state index < -0.39 is 53.6 Å². The van der Waals surface area contributed by atoms with Crippen LogP contribution in [0, 0.1) is 5.92 Å². The van der Waals surface area contributed by atoms with Gasteiger partial charge in [0.2, 0.25) is 5.91 Å². The van der Waals surface area contributed by atoms with E-state index in [2.05, 4.69) is 47.8 Å². The Kier molecular flexibility index (Phi) is 21.3. The van der Waals surface area contributed by atoms with Crippen LogP contribution in [0.4, 0.5) is 19.2 Å². The fraction of sp³-hybridized carbons (Fsp3) is 0.645. The Morgan fingerprint density at radius 3 is 1.78 bits per heavy atom. The Balaban J connectivity index is 0. The predicted molar refractivity (Wildman–Crippen MR) is 172 cm³/mol. The van der Waals surface area contributed by atoms with Gasteiger partial charge < -0.3 is 46.3 Å². The van der Waals surface area contributed by atoms with Gasteiger partial charge in [0.25, 0.3) is 0 Å². The Morgan fingerprint density at radius 2 is 1.29 bits per heavy atom. The topological polar surface area (TPSA) is 207 Å². The fourth-order valence-electron chi connectivity index (χ4n) is 2.94. The van der Waals surface area contributed by atoms with Crippen LogP contribution in [0.2, 0.25) is 0 Å². The van der Waals surface area contributed by atoms with Crippen LogP contribution in [0.25, 0.3) is 0 Å². The average molecular weight is 642 g/mol. The molecule has 0 unspecified atom stereocenters. The summed E-state index contributed by atoms with van der Waals surface area (Å²) < 4.78 is 15.7. The van der Waals surface area contributed by atoms with E-state index in [-0.39, 0.29) is 13.2 Å². The molecule has 1 aromatic rings. The molecule has 0 spiro atoms. The second-order valence-electron chi connectivity index (χ2n) is 12.7. The van der Waals surface area contributed by atoms with Gasteiger partial charge in [-0.15, -0.1) is 0 Å². The van der Waals surface area contributed by atoms with Gasteiger partial charge in [-0.1, -0.05) is 51.1 Å². The zero-order chi connectivity index (χ0) is 35.2. The zero-order valence-corrected chi connectivity index (χ0v) is 28.4. The lowest BCUT2D eigenvalue weighted by Gasteiger charge is -2.24. The molecule has 45 heavy (non-hydrogen) atoms. The highest BCUT2D eigenvalue weighted by Crippen LogP contribution is 2.09. The first-order valence-corrected chi connectivity index (χ1v) is 14.8. The molecule has 0 aliphatic carbocycles. The van der Waals surface area contributed by atoms with Crippen LogP contribution in [0.15, 0.2) is 30.3 Å². The maximum absolute atomic E-state index is 12.5. The number of rotatable bonds is 11. The summed E-state index contributed by atoms with van der Waals surface area (Å²) in [6.07, 6.45) is -2.26. The van der Waals surface area contributed by atoms with Crippen molar-refractivity contribution in [2.24, 2.45) is 11.7 Å². The van der Waals surface area contributed by atoms with Crippen LogP contribution < -0.4 is 27.0 Å². The quantitative estimate of drug-likeness (QED) is 0.143. The first kappa shape index (κ1) is 42.9. The summed E-state index contributed by atoms with van der Waals surface area (Å²) in [5.41, 5.74) is 3.56. The molecule has 1 rings (SSSR count). The number of benzene rings is 1. The van der Waals surface area contributed by atoms with Crippen LogP contribution in [-0.4, -0.2) is 71.8 Å². The number of amides is 5. The van der Waals surface area contributed by atoms with E-state index in [1.54, 1.807) is 41.5 Å². The molecule has 5 amide bonds. The molecule has 14 nitrogen and oxygen atoms in total. The number of carbonyl (C=O) groups excluding carboxylic acids is 4. The highest BCUT2D eigenvalue weighted by atomic mass is 16.6. The summed E-state index contributed by atoms with van der Waals surface area (Å²) in [5, 5.41) is 17.8. The SMILES string of the molecule is CC(C)C.C[C@H](NC(=O)OCc1ccccc1)C(=O)NC[C@H](CCCNC(=O)OC(C)(C)C)NC(=O)OC(C)(C)C.NC(=O)O.